The van der Waals surface area contributed by atoms with Crippen molar-refractivity contribution in [1.82, 2.24) is 9.21 Å². The third kappa shape index (κ3) is 4.62. The number of aliphatic hydroxyl groups is 1. The zero-order chi connectivity index (χ0) is 28.9. The Kier molecular flexibility index (Phi) is 7.77. The van der Waals surface area contributed by atoms with E-state index in [4.69, 9.17) is 0 Å². The van der Waals surface area contributed by atoms with Gasteiger partial charge in [0.15, 0.2) is 28.2 Å². The molecule has 0 aromatic heterocycles. The monoisotopic (exact) mass is 580 g/mol. The molecule has 11 heteroatoms. The van der Waals surface area contributed by atoms with Gasteiger partial charge in [-0.25, -0.2) is 30.4 Å². The highest BCUT2D eigenvalue weighted by Crippen LogP contribution is 2.43. The molecule has 0 bridgehead atoms. The van der Waals surface area contributed by atoms with E-state index in [0.717, 1.165) is 32.1 Å². The lowest BCUT2D eigenvalue weighted by molar-refractivity contribution is -0.0554. The van der Waals surface area contributed by atoms with Crippen molar-refractivity contribution in [1.29, 1.82) is 0 Å². The predicted molar refractivity (Wildman–Crippen MR) is 140 cm³/mol. The quantitative estimate of drug-likeness (QED) is 0.254. The molecule has 0 saturated carbocycles. The van der Waals surface area contributed by atoms with Gasteiger partial charge in [-0.15, -0.1) is 0 Å². The number of fused-ring (bicyclic) bond motifs is 1. The molecule has 1 N–H and O–H groups in total. The van der Waals surface area contributed by atoms with Crippen LogP contribution in [0.4, 0.5) is 22.0 Å². The van der Waals surface area contributed by atoms with Crippen LogP contribution in [0.2, 0.25) is 0 Å². The Hall–Kier alpha value is -2.86. The largest absolute Gasteiger partial charge is 0.395 e. The summed E-state index contributed by atoms with van der Waals surface area (Å²) in [4.78, 5) is 0.104. The maximum atomic E-state index is 14.5. The van der Waals surface area contributed by atoms with Gasteiger partial charge in [-0.3, -0.25) is 4.90 Å². The van der Waals surface area contributed by atoms with Gasteiger partial charge >= 0.3 is 0 Å². The number of benzene rings is 3. The Morgan fingerprint density at radius 3 is 2.08 bits per heavy atom. The van der Waals surface area contributed by atoms with Gasteiger partial charge in [-0.05, 0) is 61.1 Å². The maximum absolute atomic E-state index is 14.5. The maximum Gasteiger partial charge on any atom is 0.249 e. The van der Waals surface area contributed by atoms with E-state index in [1.165, 1.54) is 0 Å². The molecule has 2 aliphatic heterocycles. The Bertz CT molecular complexity index is 1520. The standard InChI is InChI=1S/C29H29F5N2O3S/c1-16-6-5-7-20(17(16)2)18-8-10-19(11-9-18)23-21-14-35(12-3-4-13-36(21)22(23)15-37)40(38,39)29-27(33)25(31)24(30)26(32)28(29)34/h5-11,21-23,37H,3-4,12-15H2,1-2H3/t21?,22-,23+/m1/s1. The van der Waals surface area contributed by atoms with Gasteiger partial charge < -0.3 is 5.11 Å². The summed E-state index contributed by atoms with van der Waals surface area (Å²) in [6.07, 6.45) is 0.833. The Morgan fingerprint density at radius 2 is 1.45 bits per heavy atom. The average molecular weight is 581 g/mol. The van der Waals surface area contributed by atoms with Gasteiger partial charge in [0.25, 0.3) is 0 Å². The van der Waals surface area contributed by atoms with Gasteiger partial charge in [0.2, 0.25) is 15.8 Å². The van der Waals surface area contributed by atoms with E-state index >= 15 is 0 Å². The smallest absolute Gasteiger partial charge is 0.249 e. The molecular weight excluding hydrogens is 551 g/mol. The van der Waals surface area contributed by atoms with Crippen molar-refractivity contribution in [2.75, 3.05) is 26.2 Å². The summed E-state index contributed by atoms with van der Waals surface area (Å²) in [5.74, 6) is -12.1. The van der Waals surface area contributed by atoms with Crippen LogP contribution in [0.1, 0.15) is 35.4 Å². The Morgan fingerprint density at radius 1 is 0.850 bits per heavy atom. The molecule has 2 aliphatic rings. The van der Waals surface area contributed by atoms with E-state index in [1.54, 1.807) is 0 Å². The summed E-state index contributed by atoms with van der Waals surface area (Å²) in [6.45, 7) is 4.07. The summed E-state index contributed by atoms with van der Waals surface area (Å²) in [5.41, 5.74) is 5.22. The Labute approximate surface area is 229 Å². The second kappa shape index (κ2) is 10.8. The molecule has 1 unspecified atom stereocenters. The number of sulfonamides is 1. The molecule has 214 valence electrons. The molecule has 2 saturated heterocycles. The van der Waals surface area contributed by atoms with Crippen molar-refractivity contribution in [2.24, 2.45) is 0 Å². The van der Waals surface area contributed by atoms with Crippen LogP contribution in [0.3, 0.4) is 0 Å². The van der Waals surface area contributed by atoms with E-state index in [2.05, 4.69) is 0 Å². The number of aryl methyl sites for hydroxylation is 1. The van der Waals surface area contributed by atoms with Crippen LogP contribution >= 0.6 is 0 Å². The van der Waals surface area contributed by atoms with Crippen LogP contribution in [-0.2, 0) is 10.0 Å². The first-order chi connectivity index (χ1) is 19.0. The van der Waals surface area contributed by atoms with Crippen molar-refractivity contribution < 1.29 is 35.5 Å². The number of aliphatic hydroxyl groups excluding tert-OH is 1. The molecule has 0 radical (unpaired) electrons. The number of hydrogen-bond acceptors (Lipinski definition) is 4. The highest BCUT2D eigenvalue weighted by Gasteiger charge is 2.51. The van der Waals surface area contributed by atoms with Crippen LogP contribution in [-0.4, -0.2) is 61.1 Å². The topological polar surface area (TPSA) is 60.9 Å². The van der Waals surface area contributed by atoms with Crippen molar-refractivity contribution >= 4 is 10.0 Å². The van der Waals surface area contributed by atoms with E-state index in [1.807, 2.05) is 61.2 Å². The molecule has 3 atom stereocenters. The van der Waals surface area contributed by atoms with E-state index in [0.29, 0.717) is 19.4 Å². The molecular formula is C29H29F5N2O3S. The lowest BCUT2D eigenvalue weighted by atomic mass is 9.74. The first-order valence-corrected chi connectivity index (χ1v) is 14.5. The average Bonchev–Trinajstić information content (AvgIpc) is 2.91. The SMILES string of the molecule is Cc1cccc(-c2ccc([C@H]3C4CN(S(=O)(=O)c5c(F)c(F)c(F)c(F)c5F)CCCCN4[C@@H]3CO)cc2)c1C. The molecule has 0 amide bonds. The summed E-state index contributed by atoms with van der Waals surface area (Å²) >= 11 is 0. The molecule has 5 rings (SSSR count). The molecule has 0 spiro atoms. The normalized spacial score (nSPS) is 22.4. The van der Waals surface area contributed by atoms with Crippen molar-refractivity contribution in [3.63, 3.8) is 0 Å². The van der Waals surface area contributed by atoms with Crippen molar-refractivity contribution in [3.8, 4) is 11.1 Å². The third-order valence-electron chi connectivity index (χ3n) is 8.31. The van der Waals surface area contributed by atoms with Gasteiger partial charge in [0, 0.05) is 31.1 Å². The summed E-state index contributed by atoms with van der Waals surface area (Å²) in [5, 5.41) is 10.2. The van der Waals surface area contributed by atoms with E-state index in [-0.39, 0.29) is 31.7 Å². The highest BCUT2D eigenvalue weighted by atomic mass is 32.2. The summed E-state index contributed by atoms with van der Waals surface area (Å²) < 4.78 is 98.0. The van der Waals surface area contributed by atoms with E-state index < -0.39 is 50.0 Å². The van der Waals surface area contributed by atoms with Crippen LogP contribution in [0.25, 0.3) is 11.1 Å². The van der Waals surface area contributed by atoms with Gasteiger partial charge in [-0.2, -0.15) is 4.31 Å². The van der Waals surface area contributed by atoms with Gasteiger partial charge in [0.05, 0.1) is 6.61 Å². The lowest BCUT2D eigenvalue weighted by Crippen LogP contribution is -2.67. The fraction of sp³-hybridized carbons (Fsp3) is 0.379. The second-order valence-electron chi connectivity index (χ2n) is 10.4. The molecule has 2 fully saturated rings. The zero-order valence-electron chi connectivity index (χ0n) is 22.0. The molecule has 40 heavy (non-hydrogen) atoms. The van der Waals surface area contributed by atoms with Gasteiger partial charge in [-0.1, -0.05) is 42.5 Å². The van der Waals surface area contributed by atoms with Crippen LogP contribution in [0, 0.1) is 42.9 Å². The zero-order valence-corrected chi connectivity index (χ0v) is 22.8. The first-order valence-electron chi connectivity index (χ1n) is 13.0. The molecule has 5 nitrogen and oxygen atoms in total. The molecule has 3 aromatic rings. The minimum Gasteiger partial charge on any atom is -0.395 e. The fourth-order valence-corrected chi connectivity index (χ4v) is 7.62. The summed E-state index contributed by atoms with van der Waals surface area (Å²) in [7, 11) is -5.08. The number of rotatable bonds is 5. The minimum atomic E-state index is -5.08. The Balaban J connectivity index is 1.49. The van der Waals surface area contributed by atoms with Gasteiger partial charge in [0.1, 0.15) is 0 Å². The molecule has 2 heterocycles. The summed E-state index contributed by atoms with van der Waals surface area (Å²) in [6, 6.07) is 13.0. The number of hydrogen-bond donors (Lipinski definition) is 1. The number of nitrogens with zero attached hydrogens (tertiary/aromatic N) is 2. The second-order valence-corrected chi connectivity index (χ2v) is 12.3. The first kappa shape index (κ1) is 28.7. The number of halogens is 5. The minimum absolute atomic E-state index is 0.145. The van der Waals surface area contributed by atoms with Crippen molar-refractivity contribution in [3.05, 3.63) is 88.2 Å². The fourth-order valence-electron chi connectivity index (χ4n) is 6.02. The molecule has 3 aromatic carbocycles. The lowest BCUT2D eigenvalue weighted by Gasteiger charge is -2.57. The van der Waals surface area contributed by atoms with Crippen LogP contribution in [0.5, 0.6) is 0 Å². The predicted octanol–water partition coefficient (Wildman–Crippen LogP) is 5.28. The highest BCUT2D eigenvalue weighted by molar-refractivity contribution is 7.89. The van der Waals surface area contributed by atoms with Crippen LogP contribution < -0.4 is 0 Å². The van der Waals surface area contributed by atoms with Crippen molar-refractivity contribution in [2.45, 2.75) is 49.6 Å². The van der Waals surface area contributed by atoms with Crippen LogP contribution in [0.15, 0.2) is 47.4 Å². The third-order valence-corrected chi connectivity index (χ3v) is 10.2. The molecule has 0 aliphatic carbocycles. The van der Waals surface area contributed by atoms with E-state index in [9.17, 15) is 35.5 Å².